The van der Waals surface area contributed by atoms with Crippen LogP contribution < -0.4 is 0 Å². The van der Waals surface area contributed by atoms with E-state index in [1.807, 2.05) is 24.4 Å². The van der Waals surface area contributed by atoms with Crippen LogP contribution in [0.15, 0.2) is 35.0 Å². The fraction of sp³-hybridized carbons (Fsp3) is 0.500. The van der Waals surface area contributed by atoms with Crippen molar-refractivity contribution >= 4 is 0 Å². The molecule has 20 heavy (non-hydrogen) atoms. The van der Waals surface area contributed by atoms with Gasteiger partial charge in [-0.05, 0) is 25.6 Å². The van der Waals surface area contributed by atoms with Gasteiger partial charge in [0.05, 0.1) is 17.4 Å². The minimum atomic E-state index is 0.301. The molecule has 0 spiro atoms. The third-order valence-corrected chi connectivity index (χ3v) is 3.51. The summed E-state index contributed by atoms with van der Waals surface area (Å²) in [5, 5.41) is 4.15. The molecule has 0 saturated heterocycles. The molecule has 108 valence electrons. The van der Waals surface area contributed by atoms with Gasteiger partial charge in [0.2, 0.25) is 0 Å². The molecule has 0 unspecified atom stereocenters. The van der Waals surface area contributed by atoms with E-state index in [1.165, 1.54) is 0 Å². The van der Waals surface area contributed by atoms with Crippen molar-refractivity contribution in [3.63, 3.8) is 0 Å². The van der Waals surface area contributed by atoms with Crippen LogP contribution in [0.3, 0.4) is 0 Å². The van der Waals surface area contributed by atoms with Gasteiger partial charge in [0.25, 0.3) is 0 Å². The fourth-order valence-corrected chi connectivity index (χ4v) is 2.36. The van der Waals surface area contributed by atoms with Gasteiger partial charge in [-0.15, -0.1) is 0 Å². The number of aromatic nitrogens is 2. The topological polar surface area (TPSA) is 42.2 Å². The van der Waals surface area contributed by atoms with E-state index in [9.17, 15) is 0 Å². The molecular formula is C16H23N3O. The minimum absolute atomic E-state index is 0.301. The third kappa shape index (κ3) is 3.45. The summed E-state index contributed by atoms with van der Waals surface area (Å²) >= 11 is 0. The van der Waals surface area contributed by atoms with Crippen LogP contribution in [-0.2, 0) is 6.54 Å². The molecule has 1 atom stereocenters. The molecule has 2 rings (SSSR count). The Morgan fingerprint density at radius 3 is 2.65 bits per heavy atom. The van der Waals surface area contributed by atoms with E-state index in [4.69, 9.17) is 4.52 Å². The number of rotatable bonds is 6. The first-order chi connectivity index (χ1) is 9.61. The van der Waals surface area contributed by atoms with E-state index in [1.54, 1.807) is 0 Å². The summed E-state index contributed by atoms with van der Waals surface area (Å²) in [6, 6.07) is 8.41. The summed E-state index contributed by atoms with van der Waals surface area (Å²) in [6.07, 6.45) is 2.86. The molecule has 2 heterocycles. The lowest BCUT2D eigenvalue weighted by molar-refractivity contribution is 0.219. The molecule has 4 heteroatoms. The highest BCUT2D eigenvalue weighted by Gasteiger charge is 2.18. The molecule has 2 aromatic rings. The van der Waals surface area contributed by atoms with E-state index < -0.39 is 0 Å². The molecule has 0 aliphatic carbocycles. The summed E-state index contributed by atoms with van der Waals surface area (Å²) in [7, 11) is 2.10. The first-order valence-electron chi connectivity index (χ1n) is 7.18. The van der Waals surface area contributed by atoms with Crippen molar-refractivity contribution in [2.24, 2.45) is 0 Å². The predicted molar refractivity (Wildman–Crippen MR) is 79.3 cm³/mol. The Morgan fingerprint density at radius 2 is 2.10 bits per heavy atom. The Bertz CT molecular complexity index is 522. The standard InChI is InChI=1S/C16H23N3O/c1-5-15(14-8-6-7-9-17-14)19(4)11-13-10-16(12(2)3)20-18-13/h6-10,12,15H,5,11H2,1-4H3/t15-/m1/s1. The van der Waals surface area contributed by atoms with Gasteiger partial charge in [0.15, 0.2) is 0 Å². The molecule has 0 N–H and O–H groups in total. The molecule has 0 saturated carbocycles. The van der Waals surface area contributed by atoms with Crippen LogP contribution >= 0.6 is 0 Å². The lowest BCUT2D eigenvalue weighted by Crippen LogP contribution is -2.24. The second kappa shape index (κ2) is 6.66. The third-order valence-electron chi connectivity index (χ3n) is 3.51. The lowest BCUT2D eigenvalue weighted by atomic mass is 10.1. The average molecular weight is 273 g/mol. The van der Waals surface area contributed by atoms with E-state index in [2.05, 4.69) is 48.9 Å². The Morgan fingerprint density at radius 1 is 1.30 bits per heavy atom. The average Bonchev–Trinajstić information content (AvgIpc) is 2.89. The monoisotopic (exact) mass is 273 g/mol. The minimum Gasteiger partial charge on any atom is -0.361 e. The largest absolute Gasteiger partial charge is 0.361 e. The van der Waals surface area contributed by atoms with Crippen LogP contribution in [0.4, 0.5) is 0 Å². The molecule has 0 aromatic carbocycles. The number of nitrogens with zero attached hydrogens (tertiary/aromatic N) is 3. The van der Waals surface area contributed by atoms with Gasteiger partial charge < -0.3 is 4.52 Å². The summed E-state index contributed by atoms with van der Waals surface area (Å²) in [5.74, 6) is 1.32. The first-order valence-corrected chi connectivity index (χ1v) is 7.18. The Kier molecular flexibility index (Phi) is 4.90. The summed E-state index contributed by atoms with van der Waals surface area (Å²) < 4.78 is 5.35. The first kappa shape index (κ1) is 14.7. The van der Waals surface area contributed by atoms with Crippen LogP contribution in [0.5, 0.6) is 0 Å². The highest BCUT2D eigenvalue weighted by atomic mass is 16.5. The number of hydrogen-bond donors (Lipinski definition) is 0. The maximum Gasteiger partial charge on any atom is 0.139 e. The predicted octanol–water partition coefficient (Wildman–Crippen LogP) is 3.78. The molecule has 0 aliphatic rings. The molecule has 0 radical (unpaired) electrons. The van der Waals surface area contributed by atoms with Crippen LogP contribution in [0.1, 0.15) is 56.3 Å². The zero-order chi connectivity index (χ0) is 14.5. The second-order valence-corrected chi connectivity index (χ2v) is 5.47. The Balaban J connectivity index is 2.07. The second-order valence-electron chi connectivity index (χ2n) is 5.47. The number of pyridine rings is 1. The van der Waals surface area contributed by atoms with Crippen LogP contribution in [0, 0.1) is 0 Å². The highest BCUT2D eigenvalue weighted by molar-refractivity contribution is 5.11. The van der Waals surface area contributed by atoms with Gasteiger partial charge >= 0.3 is 0 Å². The summed E-state index contributed by atoms with van der Waals surface area (Å²) in [6.45, 7) is 7.16. The van der Waals surface area contributed by atoms with Gasteiger partial charge in [-0.25, -0.2) is 0 Å². The molecular weight excluding hydrogens is 250 g/mol. The van der Waals surface area contributed by atoms with Gasteiger partial charge in [-0.3, -0.25) is 9.88 Å². The SMILES string of the molecule is CC[C@H](c1ccccn1)N(C)Cc1cc(C(C)C)on1. The Hall–Kier alpha value is -1.68. The zero-order valence-electron chi connectivity index (χ0n) is 12.7. The van der Waals surface area contributed by atoms with E-state index >= 15 is 0 Å². The summed E-state index contributed by atoms with van der Waals surface area (Å²) in [5.41, 5.74) is 2.08. The van der Waals surface area contributed by atoms with Gasteiger partial charge in [-0.1, -0.05) is 32.0 Å². The van der Waals surface area contributed by atoms with Crippen molar-refractivity contribution in [2.75, 3.05) is 7.05 Å². The van der Waals surface area contributed by atoms with Crippen molar-refractivity contribution < 1.29 is 4.52 Å². The van der Waals surface area contributed by atoms with Crippen LogP contribution in [0.25, 0.3) is 0 Å². The molecule has 0 amide bonds. The Labute approximate surface area is 120 Å². The smallest absolute Gasteiger partial charge is 0.139 e. The van der Waals surface area contributed by atoms with Crippen molar-refractivity contribution in [1.82, 2.24) is 15.0 Å². The van der Waals surface area contributed by atoms with Gasteiger partial charge in [-0.2, -0.15) is 0 Å². The molecule has 2 aromatic heterocycles. The quantitative estimate of drug-likeness (QED) is 0.803. The molecule has 4 nitrogen and oxygen atoms in total. The molecule has 0 fully saturated rings. The van der Waals surface area contributed by atoms with Crippen LogP contribution in [0.2, 0.25) is 0 Å². The van der Waals surface area contributed by atoms with E-state index in [0.29, 0.717) is 12.0 Å². The van der Waals surface area contributed by atoms with E-state index in [-0.39, 0.29) is 0 Å². The maximum absolute atomic E-state index is 5.35. The zero-order valence-corrected chi connectivity index (χ0v) is 12.7. The van der Waals surface area contributed by atoms with Gasteiger partial charge in [0.1, 0.15) is 5.76 Å². The van der Waals surface area contributed by atoms with Gasteiger partial charge in [0, 0.05) is 24.7 Å². The normalized spacial score (nSPS) is 13.1. The lowest BCUT2D eigenvalue weighted by Gasteiger charge is -2.25. The van der Waals surface area contributed by atoms with Crippen molar-refractivity contribution in [1.29, 1.82) is 0 Å². The number of hydrogen-bond acceptors (Lipinski definition) is 4. The summed E-state index contributed by atoms with van der Waals surface area (Å²) in [4.78, 5) is 6.73. The van der Waals surface area contributed by atoms with Crippen molar-refractivity contribution in [3.8, 4) is 0 Å². The molecule has 0 bridgehead atoms. The molecule has 0 aliphatic heterocycles. The highest BCUT2D eigenvalue weighted by Crippen LogP contribution is 2.23. The fourth-order valence-electron chi connectivity index (χ4n) is 2.36. The maximum atomic E-state index is 5.35. The van der Waals surface area contributed by atoms with Crippen molar-refractivity contribution in [3.05, 3.63) is 47.6 Å². The van der Waals surface area contributed by atoms with Crippen LogP contribution in [-0.4, -0.2) is 22.1 Å². The van der Waals surface area contributed by atoms with E-state index in [0.717, 1.165) is 30.1 Å². The van der Waals surface area contributed by atoms with Crippen molar-refractivity contribution in [2.45, 2.75) is 45.7 Å².